The summed E-state index contributed by atoms with van der Waals surface area (Å²) in [5.74, 6) is -1.06. The number of fused-ring (bicyclic) bond motifs is 1. The highest BCUT2D eigenvalue weighted by Gasteiger charge is 2.10. The van der Waals surface area contributed by atoms with E-state index >= 15 is 0 Å². The highest BCUT2D eigenvalue weighted by Crippen LogP contribution is 2.31. The average Bonchev–Trinajstić information content (AvgIpc) is 3.01. The summed E-state index contributed by atoms with van der Waals surface area (Å²) < 4.78 is 14.9. The van der Waals surface area contributed by atoms with Crippen molar-refractivity contribution in [1.29, 1.82) is 0 Å². The van der Waals surface area contributed by atoms with Gasteiger partial charge in [-0.25, -0.2) is 9.07 Å². The van der Waals surface area contributed by atoms with Crippen LogP contribution in [0.15, 0.2) is 66.9 Å². The van der Waals surface area contributed by atoms with Gasteiger partial charge in [0.1, 0.15) is 0 Å². The molecule has 1 heterocycles. The molecule has 0 aliphatic rings. The summed E-state index contributed by atoms with van der Waals surface area (Å²) in [5, 5.41) is 15.5. The number of hydrogen-bond donors (Lipinski definition) is 1. The van der Waals surface area contributed by atoms with Crippen LogP contribution in [0.1, 0.15) is 0 Å². The molecule has 0 radical (unpaired) electrons. The lowest BCUT2D eigenvalue weighted by Crippen LogP contribution is -1.96. The molecule has 0 aliphatic heterocycles. The van der Waals surface area contributed by atoms with Crippen molar-refractivity contribution in [2.75, 3.05) is 0 Å². The molecule has 1 N–H and O–H groups in total. The first-order valence-corrected chi connectivity index (χ1v) is 7.73. The number of hydrogen-bond acceptors (Lipinski definition) is 2. The maximum atomic E-state index is 13.2. The van der Waals surface area contributed by atoms with E-state index in [-0.39, 0.29) is 0 Å². The monoisotopic (exact) mass is 338 g/mol. The van der Waals surface area contributed by atoms with E-state index in [1.165, 1.54) is 12.1 Å². The third kappa shape index (κ3) is 2.41. The largest absolute Gasteiger partial charge is 0.505 e. The zero-order chi connectivity index (χ0) is 16.7. The minimum atomic E-state index is -0.656. The van der Waals surface area contributed by atoms with Crippen LogP contribution in [0, 0.1) is 5.82 Å². The number of aromatic nitrogens is 2. The van der Waals surface area contributed by atoms with Crippen molar-refractivity contribution in [3.8, 4) is 22.6 Å². The first-order chi connectivity index (χ1) is 11.6. The summed E-state index contributed by atoms with van der Waals surface area (Å²) in [5.41, 5.74) is 3.40. The average molecular weight is 339 g/mol. The first kappa shape index (κ1) is 14.7. The molecule has 1 aromatic heterocycles. The molecule has 5 heteroatoms. The second-order valence-electron chi connectivity index (χ2n) is 5.45. The lowest BCUT2D eigenvalue weighted by atomic mass is 10.0. The Hall–Kier alpha value is -2.85. The van der Waals surface area contributed by atoms with Crippen molar-refractivity contribution in [2.24, 2.45) is 0 Å². The molecule has 4 aromatic rings. The zero-order valence-electron chi connectivity index (χ0n) is 12.4. The second kappa shape index (κ2) is 5.65. The van der Waals surface area contributed by atoms with E-state index in [0.29, 0.717) is 10.7 Å². The molecule has 3 aromatic carbocycles. The SMILES string of the molecule is Oc1cc(-n2ncc3cc(-c4ccccc4Cl)ccc32)ccc1F. The Bertz CT molecular complexity index is 1060. The van der Waals surface area contributed by atoms with Gasteiger partial charge < -0.3 is 5.11 Å². The minimum absolute atomic E-state index is 0.399. The van der Waals surface area contributed by atoms with E-state index in [4.69, 9.17) is 11.6 Å². The van der Waals surface area contributed by atoms with E-state index in [1.54, 1.807) is 16.9 Å². The Morgan fingerprint density at radius 1 is 1.00 bits per heavy atom. The Kier molecular flexibility index (Phi) is 3.47. The molecule has 0 fully saturated rings. The van der Waals surface area contributed by atoms with Crippen LogP contribution in [0.5, 0.6) is 5.75 Å². The summed E-state index contributed by atoms with van der Waals surface area (Å²) in [4.78, 5) is 0. The molecule has 4 rings (SSSR count). The molecule has 0 amide bonds. The van der Waals surface area contributed by atoms with Crippen LogP contribution < -0.4 is 0 Å². The predicted octanol–water partition coefficient (Wildman–Crippen LogP) is 5.19. The minimum Gasteiger partial charge on any atom is -0.505 e. The third-order valence-corrected chi connectivity index (χ3v) is 4.26. The molecular formula is C19H12ClFN2O. The van der Waals surface area contributed by atoms with Gasteiger partial charge in [0, 0.05) is 22.0 Å². The van der Waals surface area contributed by atoms with Gasteiger partial charge >= 0.3 is 0 Å². The molecule has 0 saturated heterocycles. The van der Waals surface area contributed by atoms with E-state index in [2.05, 4.69) is 5.10 Å². The Morgan fingerprint density at radius 2 is 1.83 bits per heavy atom. The Balaban J connectivity index is 1.84. The van der Waals surface area contributed by atoms with Gasteiger partial charge in [0.15, 0.2) is 11.6 Å². The molecular weight excluding hydrogens is 327 g/mol. The van der Waals surface area contributed by atoms with Crippen LogP contribution in [-0.2, 0) is 0 Å². The fourth-order valence-corrected chi connectivity index (χ4v) is 2.98. The standard InChI is InChI=1S/C19H12ClFN2O/c20-16-4-2-1-3-15(16)12-5-8-18-13(9-12)11-22-23(18)14-6-7-17(21)19(24)10-14/h1-11,24H. The highest BCUT2D eigenvalue weighted by molar-refractivity contribution is 6.33. The molecule has 0 unspecified atom stereocenters. The summed E-state index contributed by atoms with van der Waals surface area (Å²) in [7, 11) is 0. The van der Waals surface area contributed by atoms with Gasteiger partial charge in [-0.1, -0.05) is 35.9 Å². The number of benzene rings is 3. The summed E-state index contributed by atoms with van der Waals surface area (Å²) in [6.45, 7) is 0. The van der Waals surface area contributed by atoms with Crippen LogP contribution in [0.2, 0.25) is 5.02 Å². The maximum absolute atomic E-state index is 13.2. The quantitative estimate of drug-likeness (QED) is 0.546. The fourth-order valence-electron chi connectivity index (χ4n) is 2.73. The predicted molar refractivity (Wildman–Crippen MR) is 93.1 cm³/mol. The number of rotatable bonds is 2. The van der Waals surface area contributed by atoms with Crippen LogP contribution >= 0.6 is 11.6 Å². The van der Waals surface area contributed by atoms with Gasteiger partial charge in [-0.15, -0.1) is 0 Å². The van der Waals surface area contributed by atoms with Crippen molar-refractivity contribution >= 4 is 22.5 Å². The topological polar surface area (TPSA) is 38.0 Å². The molecule has 3 nitrogen and oxygen atoms in total. The van der Waals surface area contributed by atoms with Crippen molar-refractivity contribution in [3.63, 3.8) is 0 Å². The summed E-state index contributed by atoms with van der Waals surface area (Å²) in [6, 6.07) is 17.7. The van der Waals surface area contributed by atoms with Crippen LogP contribution in [0.25, 0.3) is 27.7 Å². The van der Waals surface area contributed by atoms with Crippen LogP contribution in [-0.4, -0.2) is 14.9 Å². The van der Waals surface area contributed by atoms with Gasteiger partial charge in [-0.2, -0.15) is 5.10 Å². The molecule has 0 aliphatic carbocycles. The van der Waals surface area contributed by atoms with Crippen LogP contribution in [0.4, 0.5) is 4.39 Å². The number of nitrogens with zero attached hydrogens (tertiary/aromatic N) is 2. The van der Waals surface area contributed by atoms with E-state index < -0.39 is 11.6 Å². The third-order valence-electron chi connectivity index (χ3n) is 3.93. The number of phenols is 1. The van der Waals surface area contributed by atoms with E-state index in [1.807, 2.05) is 42.5 Å². The summed E-state index contributed by atoms with van der Waals surface area (Å²) in [6.07, 6.45) is 1.73. The van der Waals surface area contributed by atoms with Gasteiger partial charge in [0.05, 0.1) is 17.4 Å². The Labute approximate surface area is 142 Å². The van der Waals surface area contributed by atoms with Crippen molar-refractivity contribution in [3.05, 3.63) is 77.7 Å². The van der Waals surface area contributed by atoms with Gasteiger partial charge in [-0.3, -0.25) is 0 Å². The molecule has 118 valence electrons. The van der Waals surface area contributed by atoms with Crippen molar-refractivity contribution in [1.82, 2.24) is 9.78 Å². The Morgan fingerprint density at radius 3 is 2.62 bits per heavy atom. The molecule has 0 atom stereocenters. The second-order valence-corrected chi connectivity index (χ2v) is 5.85. The van der Waals surface area contributed by atoms with E-state index in [0.717, 1.165) is 22.0 Å². The number of aromatic hydroxyl groups is 1. The molecule has 0 spiro atoms. The lowest BCUT2D eigenvalue weighted by Gasteiger charge is -2.07. The molecule has 24 heavy (non-hydrogen) atoms. The maximum Gasteiger partial charge on any atom is 0.164 e. The van der Waals surface area contributed by atoms with Crippen molar-refractivity contribution < 1.29 is 9.50 Å². The van der Waals surface area contributed by atoms with Gasteiger partial charge in [-0.05, 0) is 35.9 Å². The smallest absolute Gasteiger partial charge is 0.164 e. The van der Waals surface area contributed by atoms with Crippen LogP contribution in [0.3, 0.4) is 0 Å². The van der Waals surface area contributed by atoms with Gasteiger partial charge in [0.25, 0.3) is 0 Å². The normalized spacial score (nSPS) is 11.1. The summed E-state index contributed by atoms with van der Waals surface area (Å²) >= 11 is 6.26. The highest BCUT2D eigenvalue weighted by atomic mass is 35.5. The fraction of sp³-hybridized carbons (Fsp3) is 0. The van der Waals surface area contributed by atoms with Gasteiger partial charge in [0.2, 0.25) is 0 Å². The van der Waals surface area contributed by atoms with E-state index in [9.17, 15) is 9.50 Å². The first-order valence-electron chi connectivity index (χ1n) is 7.35. The number of halogens is 2. The number of phenolic OH excluding ortho intramolecular Hbond substituents is 1. The molecule has 0 saturated carbocycles. The van der Waals surface area contributed by atoms with Crippen molar-refractivity contribution in [2.45, 2.75) is 0 Å². The molecule has 0 bridgehead atoms. The lowest BCUT2D eigenvalue weighted by molar-refractivity contribution is 0.432. The zero-order valence-corrected chi connectivity index (χ0v) is 13.2.